The van der Waals surface area contributed by atoms with Crippen molar-refractivity contribution in [1.29, 1.82) is 5.26 Å². The van der Waals surface area contributed by atoms with Gasteiger partial charge in [-0.1, -0.05) is 27.2 Å². The lowest BCUT2D eigenvalue weighted by atomic mass is 9.92. The van der Waals surface area contributed by atoms with Crippen LogP contribution < -0.4 is 0 Å². The molecule has 1 aliphatic rings. The minimum absolute atomic E-state index is 0.0857. The number of rotatable bonds is 4. The van der Waals surface area contributed by atoms with E-state index in [1.807, 2.05) is 16.8 Å². The molecule has 0 saturated carbocycles. The molecule has 0 aromatic rings. The van der Waals surface area contributed by atoms with Gasteiger partial charge < -0.3 is 4.90 Å². The molecule has 0 bridgehead atoms. The van der Waals surface area contributed by atoms with Crippen molar-refractivity contribution in [2.75, 3.05) is 26.7 Å². The quantitative estimate of drug-likeness (QED) is 0.766. The summed E-state index contributed by atoms with van der Waals surface area (Å²) in [5, 5.41) is 8.89. The minimum Gasteiger partial charge on any atom is -0.341 e. The lowest BCUT2D eigenvalue weighted by molar-refractivity contribution is -0.135. The summed E-state index contributed by atoms with van der Waals surface area (Å²) < 4.78 is 0. The third-order valence-electron chi connectivity index (χ3n) is 3.49. The molecule has 1 amide bonds. The fourth-order valence-electron chi connectivity index (χ4n) is 2.70. The number of carbonyl (C=O) groups excluding carboxylic acids is 1. The average Bonchev–Trinajstić information content (AvgIpc) is 2.36. The van der Waals surface area contributed by atoms with Crippen molar-refractivity contribution in [2.24, 2.45) is 5.41 Å². The molecule has 0 radical (unpaired) electrons. The molecule has 1 heterocycles. The van der Waals surface area contributed by atoms with Gasteiger partial charge in [0.25, 0.3) is 0 Å². The molecule has 0 N–H and O–H groups in total. The Bertz CT molecular complexity index is 332. The summed E-state index contributed by atoms with van der Waals surface area (Å²) in [6, 6.07) is 1.87. The largest absolute Gasteiger partial charge is 0.341 e. The van der Waals surface area contributed by atoms with E-state index in [4.69, 9.17) is 5.26 Å². The standard InChI is InChI=1S/C14H25N3O/c1-5-6-9-17-11-14(2,3)10-16(4)12(7-8-15)13(17)18/h12H,5-7,9-11H2,1-4H3. The molecule has 1 aliphatic heterocycles. The first kappa shape index (κ1) is 15.0. The Morgan fingerprint density at radius 3 is 2.67 bits per heavy atom. The van der Waals surface area contributed by atoms with Crippen molar-refractivity contribution in [1.82, 2.24) is 9.80 Å². The first-order valence-corrected chi connectivity index (χ1v) is 6.77. The van der Waals surface area contributed by atoms with Crippen LogP contribution in [0.2, 0.25) is 0 Å². The molecule has 1 fully saturated rings. The number of unbranched alkanes of at least 4 members (excludes halogenated alkanes) is 1. The van der Waals surface area contributed by atoms with Crippen LogP contribution in [-0.4, -0.2) is 48.4 Å². The smallest absolute Gasteiger partial charge is 0.241 e. The molecule has 0 aliphatic carbocycles. The summed E-state index contributed by atoms with van der Waals surface area (Å²) in [5.41, 5.74) is 0.0857. The highest BCUT2D eigenvalue weighted by atomic mass is 16.2. The van der Waals surface area contributed by atoms with Crippen LogP contribution in [-0.2, 0) is 4.79 Å². The van der Waals surface area contributed by atoms with Gasteiger partial charge in [-0.15, -0.1) is 0 Å². The van der Waals surface area contributed by atoms with E-state index in [9.17, 15) is 4.79 Å². The molecule has 0 spiro atoms. The Labute approximate surface area is 111 Å². The maximum atomic E-state index is 12.5. The molecule has 1 unspecified atom stereocenters. The summed E-state index contributed by atoms with van der Waals surface area (Å²) in [5.74, 6) is 0.123. The first-order chi connectivity index (χ1) is 8.41. The zero-order chi connectivity index (χ0) is 13.8. The molecular formula is C14H25N3O. The summed E-state index contributed by atoms with van der Waals surface area (Å²) in [6.07, 6.45) is 2.40. The average molecular weight is 251 g/mol. The van der Waals surface area contributed by atoms with Crippen molar-refractivity contribution >= 4 is 5.91 Å². The van der Waals surface area contributed by atoms with Crippen molar-refractivity contribution in [3.05, 3.63) is 0 Å². The van der Waals surface area contributed by atoms with E-state index in [0.717, 1.165) is 32.5 Å². The van der Waals surface area contributed by atoms with Crippen LogP contribution in [0.3, 0.4) is 0 Å². The third-order valence-corrected chi connectivity index (χ3v) is 3.49. The number of nitriles is 1. The zero-order valence-electron chi connectivity index (χ0n) is 12.1. The van der Waals surface area contributed by atoms with E-state index in [-0.39, 0.29) is 23.8 Å². The van der Waals surface area contributed by atoms with Gasteiger partial charge in [0, 0.05) is 19.6 Å². The lowest BCUT2D eigenvalue weighted by Gasteiger charge is -2.29. The zero-order valence-corrected chi connectivity index (χ0v) is 12.1. The number of likely N-dealkylation sites (N-methyl/N-ethyl adjacent to an activating group) is 1. The second kappa shape index (κ2) is 6.19. The highest BCUT2D eigenvalue weighted by molar-refractivity contribution is 5.82. The number of amides is 1. The number of hydrogen-bond acceptors (Lipinski definition) is 3. The number of hydrogen-bond donors (Lipinski definition) is 0. The monoisotopic (exact) mass is 251 g/mol. The Morgan fingerprint density at radius 1 is 1.44 bits per heavy atom. The van der Waals surface area contributed by atoms with Gasteiger partial charge in [0.15, 0.2) is 0 Å². The van der Waals surface area contributed by atoms with Gasteiger partial charge in [0.1, 0.15) is 6.04 Å². The maximum absolute atomic E-state index is 12.5. The van der Waals surface area contributed by atoms with Crippen LogP contribution in [0.15, 0.2) is 0 Å². The Hall–Kier alpha value is -1.08. The van der Waals surface area contributed by atoms with Crippen molar-refractivity contribution < 1.29 is 4.79 Å². The fraction of sp³-hybridized carbons (Fsp3) is 0.857. The van der Waals surface area contributed by atoms with Gasteiger partial charge in [-0.3, -0.25) is 9.69 Å². The van der Waals surface area contributed by atoms with Crippen LogP contribution in [0.5, 0.6) is 0 Å². The summed E-state index contributed by atoms with van der Waals surface area (Å²) >= 11 is 0. The third kappa shape index (κ3) is 3.71. The predicted octanol–water partition coefficient (Wildman–Crippen LogP) is 1.87. The topological polar surface area (TPSA) is 47.3 Å². The van der Waals surface area contributed by atoms with Crippen LogP contribution in [0, 0.1) is 16.7 Å². The van der Waals surface area contributed by atoms with Gasteiger partial charge in [0.2, 0.25) is 5.91 Å². The summed E-state index contributed by atoms with van der Waals surface area (Å²) in [4.78, 5) is 16.5. The molecule has 4 heteroatoms. The lowest BCUT2D eigenvalue weighted by Crippen LogP contribution is -2.44. The van der Waals surface area contributed by atoms with Gasteiger partial charge in [-0.2, -0.15) is 5.26 Å². The van der Waals surface area contributed by atoms with Gasteiger partial charge in [-0.25, -0.2) is 0 Å². The van der Waals surface area contributed by atoms with Crippen LogP contribution in [0.4, 0.5) is 0 Å². The van der Waals surface area contributed by atoms with Crippen molar-refractivity contribution in [3.8, 4) is 6.07 Å². The number of carbonyl (C=O) groups is 1. The molecule has 1 atom stereocenters. The highest BCUT2D eigenvalue weighted by Crippen LogP contribution is 2.25. The molecule has 18 heavy (non-hydrogen) atoms. The van der Waals surface area contributed by atoms with E-state index >= 15 is 0 Å². The first-order valence-electron chi connectivity index (χ1n) is 6.77. The fourth-order valence-corrected chi connectivity index (χ4v) is 2.70. The molecule has 1 saturated heterocycles. The second-order valence-corrected chi connectivity index (χ2v) is 6.07. The molecule has 0 aromatic heterocycles. The van der Waals surface area contributed by atoms with E-state index in [0.29, 0.717) is 0 Å². The SMILES string of the molecule is CCCCN1CC(C)(C)CN(C)C(CC#N)C1=O. The van der Waals surface area contributed by atoms with Gasteiger partial charge in [-0.05, 0) is 18.9 Å². The Morgan fingerprint density at radius 2 is 2.11 bits per heavy atom. The van der Waals surface area contributed by atoms with Crippen LogP contribution >= 0.6 is 0 Å². The molecule has 102 valence electrons. The molecule has 0 aromatic carbocycles. The summed E-state index contributed by atoms with van der Waals surface area (Å²) in [7, 11) is 1.95. The molecule has 1 rings (SSSR count). The van der Waals surface area contributed by atoms with E-state index in [1.165, 1.54) is 0 Å². The van der Waals surface area contributed by atoms with Crippen LogP contribution in [0.25, 0.3) is 0 Å². The predicted molar refractivity (Wildman–Crippen MR) is 71.9 cm³/mol. The normalized spacial score (nSPS) is 24.7. The van der Waals surface area contributed by atoms with Crippen molar-refractivity contribution in [3.63, 3.8) is 0 Å². The van der Waals surface area contributed by atoms with Gasteiger partial charge in [0.05, 0.1) is 12.5 Å². The van der Waals surface area contributed by atoms with E-state index in [1.54, 1.807) is 0 Å². The molecular weight excluding hydrogens is 226 g/mol. The Balaban J connectivity index is 2.89. The van der Waals surface area contributed by atoms with Gasteiger partial charge >= 0.3 is 0 Å². The highest BCUT2D eigenvalue weighted by Gasteiger charge is 2.37. The van der Waals surface area contributed by atoms with Crippen LogP contribution in [0.1, 0.15) is 40.0 Å². The maximum Gasteiger partial charge on any atom is 0.241 e. The van der Waals surface area contributed by atoms with E-state index < -0.39 is 0 Å². The second-order valence-electron chi connectivity index (χ2n) is 6.07. The van der Waals surface area contributed by atoms with E-state index in [2.05, 4.69) is 26.8 Å². The number of nitrogens with zero attached hydrogens (tertiary/aromatic N) is 3. The Kier molecular flexibility index (Phi) is 5.15. The van der Waals surface area contributed by atoms with Crippen molar-refractivity contribution in [2.45, 2.75) is 46.1 Å². The molecule has 4 nitrogen and oxygen atoms in total. The minimum atomic E-state index is -0.270. The summed E-state index contributed by atoms with van der Waals surface area (Å²) in [6.45, 7) is 8.96.